The molecule has 0 amide bonds. The van der Waals surface area contributed by atoms with Gasteiger partial charge >= 0.3 is 5.97 Å². The van der Waals surface area contributed by atoms with Crippen molar-refractivity contribution in [3.63, 3.8) is 0 Å². The van der Waals surface area contributed by atoms with E-state index < -0.39 is 5.97 Å². The number of anilines is 1. The number of fused-ring (bicyclic) bond motifs is 2. The van der Waals surface area contributed by atoms with E-state index in [1.54, 1.807) is 15.9 Å². The monoisotopic (exact) mass is 482 g/mol. The number of carbonyl (C=O) groups is 1. The van der Waals surface area contributed by atoms with Gasteiger partial charge in [0.05, 0.1) is 11.9 Å². The van der Waals surface area contributed by atoms with E-state index in [0.717, 1.165) is 59.3 Å². The Morgan fingerprint density at radius 2 is 1.86 bits per heavy atom. The molecule has 176 valence electrons. The molecule has 0 radical (unpaired) electrons. The minimum Gasteiger partial charge on any atom is -0.481 e. The van der Waals surface area contributed by atoms with Gasteiger partial charge in [0.1, 0.15) is 5.82 Å². The van der Waals surface area contributed by atoms with Gasteiger partial charge in [0.2, 0.25) is 0 Å². The second-order valence-corrected chi connectivity index (χ2v) is 10.2. The summed E-state index contributed by atoms with van der Waals surface area (Å²) in [5, 5.41) is 20.4. The topological polar surface area (TPSA) is 93.5 Å². The molecule has 0 bridgehead atoms. The lowest BCUT2D eigenvalue weighted by molar-refractivity contribution is -0.138. The Labute approximate surface area is 207 Å². The molecule has 1 fully saturated rings. The summed E-state index contributed by atoms with van der Waals surface area (Å²) < 4.78 is 1.76. The number of nitrogen functional groups attached to an aromatic ring is 1. The van der Waals surface area contributed by atoms with Crippen molar-refractivity contribution in [2.45, 2.75) is 38.0 Å². The molecule has 0 atom stereocenters. The highest BCUT2D eigenvalue weighted by atomic mass is 32.1. The molecule has 3 heterocycles. The maximum absolute atomic E-state index is 11.2. The average molecular weight is 483 g/mol. The molecule has 1 aliphatic rings. The number of benzene rings is 2. The van der Waals surface area contributed by atoms with Crippen LogP contribution in [0, 0.1) is 5.92 Å². The number of nitrogens with zero attached hydrogens (tertiary/aromatic N) is 3. The molecule has 6 rings (SSSR count). The molecule has 0 aliphatic heterocycles. The van der Waals surface area contributed by atoms with Crippen LogP contribution in [-0.4, -0.2) is 25.7 Å². The summed E-state index contributed by atoms with van der Waals surface area (Å²) in [6.45, 7) is 0. The molecule has 35 heavy (non-hydrogen) atoms. The first-order chi connectivity index (χ1) is 17.1. The van der Waals surface area contributed by atoms with Crippen molar-refractivity contribution < 1.29 is 9.90 Å². The van der Waals surface area contributed by atoms with Crippen LogP contribution in [0.4, 0.5) is 5.82 Å². The van der Waals surface area contributed by atoms with Gasteiger partial charge in [0.25, 0.3) is 0 Å². The molecule has 6 nitrogen and oxygen atoms in total. The van der Waals surface area contributed by atoms with Crippen molar-refractivity contribution in [2.75, 3.05) is 5.73 Å². The second-order valence-electron chi connectivity index (χ2n) is 9.44. The fourth-order valence-electron chi connectivity index (χ4n) is 5.48. The van der Waals surface area contributed by atoms with Crippen LogP contribution < -0.4 is 5.73 Å². The van der Waals surface area contributed by atoms with Crippen LogP contribution in [0.5, 0.6) is 0 Å². The maximum atomic E-state index is 11.2. The first kappa shape index (κ1) is 21.8. The predicted molar refractivity (Wildman–Crippen MR) is 141 cm³/mol. The predicted octanol–water partition coefficient (Wildman–Crippen LogP) is 6.61. The van der Waals surface area contributed by atoms with Crippen LogP contribution in [0.25, 0.3) is 38.7 Å². The van der Waals surface area contributed by atoms with E-state index >= 15 is 0 Å². The summed E-state index contributed by atoms with van der Waals surface area (Å²) in [4.78, 5) is 16.4. The fourth-order valence-corrected chi connectivity index (χ4v) is 6.13. The Bertz CT molecular complexity index is 1530. The van der Waals surface area contributed by atoms with E-state index in [4.69, 9.17) is 10.7 Å². The molecule has 0 saturated heterocycles. The van der Waals surface area contributed by atoms with E-state index in [2.05, 4.69) is 52.3 Å². The highest BCUT2D eigenvalue weighted by Crippen LogP contribution is 2.43. The number of nitrogens with two attached hydrogens (primary N) is 1. The SMILES string of the molecule is Nc1c(-c2ccsc2)c(C2CCC(CC(=O)O)CC2)nc2c(-c3ccc4ccccc4c3)cnn12. The minimum atomic E-state index is -0.713. The van der Waals surface area contributed by atoms with Gasteiger partial charge in [-0.3, -0.25) is 4.79 Å². The van der Waals surface area contributed by atoms with Crippen molar-refractivity contribution in [3.05, 3.63) is 71.2 Å². The average Bonchev–Trinajstić information content (AvgIpc) is 3.54. The van der Waals surface area contributed by atoms with E-state index in [1.807, 2.05) is 18.3 Å². The third kappa shape index (κ3) is 3.96. The Hall–Kier alpha value is -3.71. The number of rotatable bonds is 5. The number of carboxylic acid groups (broad SMARTS) is 1. The lowest BCUT2D eigenvalue weighted by Gasteiger charge is -2.29. The molecule has 3 aromatic heterocycles. The summed E-state index contributed by atoms with van der Waals surface area (Å²) in [6.07, 6.45) is 5.71. The van der Waals surface area contributed by atoms with Crippen molar-refractivity contribution in [1.29, 1.82) is 0 Å². The molecule has 1 saturated carbocycles. The first-order valence-electron chi connectivity index (χ1n) is 12.0. The Kier molecular flexibility index (Phi) is 5.49. The molecular weight excluding hydrogens is 456 g/mol. The number of aromatic nitrogens is 3. The van der Waals surface area contributed by atoms with Crippen LogP contribution in [0.1, 0.15) is 43.7 Å². The van der Waals surface area contributed by atoms with Gasteiger partial charge in [-0.2, -0.15) is 21.0 Å². The van der Waals surface area contributed by atoms with Crippen molar-refractivity contribution in [1.82, 2.24) is 14.6 Å². The molecule has 0 unspecified atom stereocenters. The number of hydrogen-bond donors (Lipinski definition) is 2. The van der Waals surface area contributed by atoms with Crippen LogP contribution in [0.2, 0.25) is 0 Å². The summed E-state index contributed by atoms with van der Waals surface area (Å²) in [7, 11) is 0. The van der Waals surface area contributed by atoms with Gasteiger partial charge < -0.3 is 10.8 Å². The van der Waals surface area contributed by atoms with Gasteiger partial charge in [-0.25, -0.2) is 4.98 Å². The quantitative estimate of drug-likeness (QED) is 0.294. The fraction of sp³-hybridized carbons (Fsp3) is 0.250. The molecule has 2 aromatic carbocycles. The van der Waals surface area contributed by atoms with Crippen LogP contribution in [-0.2, 0) is 4.79 Å². The van der Waals surface area contributed by atoms with Crippen LogP contribution in [0.15, 0.2) is 65.5 Å². The lowest BCUT2D eigenvalue weighted by Crippen LogP contribution is -2.18. The van der Waals surface area contributed by atoms with E-state index in [0.29, 0.717) is 5.82 Å². The second kappa shape index (κ2) is 8.82. The van der Waals surface area contributed by atoms with Crippen molar-refractivity contribution in [3.8, 4) is 22.3 Å². The normalized spacial score (nSPS) is 18.3. The van der Waals surface area contributed by atoms with Crippen LogP contribution >= 0.6 is 11.3 Å². The number of hydrogen-bond acceptors (Lipinski definition) is 5. The number of carboxylic acids is 1. The van der Waals surface area contributed by atoms with Gasteiger partial charge in [-0.05, 0) is 76.4 Å². The minimum absolute atomic E-state index is 0.234. The molecule has 0 spiro atoms. The van der Waals surface area contributed by atoms with Gasteiger partial charge in [-0.15, -0.1) is 0 Å². The largest absolute Gasteiger partial charge is 0.481 e. The Balaban J connectivity index is 1.47. The first-order valence-corrected chi connectivity index (χ1v) is 12.9. The van der Waals surface area contributed by atoms with E-state index in [9.17, 15) is 9.90 Å². The standard InChI is InChI=1S/C28H26N4O2S/c29-27-25(22-11-12-35-16-22)26(19-7-5-17(6-8-19)13-24(33)34)31-28-23(15-30-32(27)28)21-10-9-18-3-1-2-4-20(18)14-21/h1-4,9-12,14-17,19H,5-8,13,29H2,(H,33,34). The maximum Gasteiger partial charge on any atom is 0.303 e. The van der Waals surface area contributed by atoms with Gasteiger partial charge in [0, 0.05) is 23.5 Å². The summed E-state index contributed by atoms with van der Waals surface area (Å²) >= 11 is 1.64. The van der Waals surface area contributed by atoms with E-state index in [1.165, 1.54) is 10.8 Å². The Morgan fingerprint density at radius 3 is 2.60 bits per heavy atom. The molecule has 5 aromatic rings. The third-order valence-corrected chi connectivity index (χ3v) is 7.96. The lowest BCUT2D eigenvalue weighted by atomic mass is 9.78. The Morgan fingerprint density at radius 1 is 1.06 bits per heavy atom. The number of aliphatic carboxylic acids is 1. The van der Waals surface area contributed by atoms with Gasteiger partial charge in [-0.1, -0.05) is 36.4 Å². The summed E-state index contributed by atoms with van der Waals surface area (Å²) in [5.74, 6) is 0.359. The molecular formula is C28H26N4O2S. The zero-order valence-corrected chi connectivity index (χ0v) is 20.0. The zero-order chi connectivity index (χ0) is 23.9. The smallest absolute Gasteiger partial charge is 0.303 e. The molecule has 3 N–H and O–H groups in total. The van der Waals surface area contributed by atoms with Crippen molar-refractivity contribution in [2.24, 2.45) is 5.92 Å². The van der Waals surface area contributed by atoms with Crippen LogP contribution in [0.3, 0.4) is 0 Å². The van der Waals surface area contributed by atoms with Gasteiger partial charge in [0.15, 0.2) is 5.65 Å². The summed E-state index contributed by atoms with van der Waals surface area (Å²) in [6, 6.07) is 16.8. The number of thiophene rings is 1. The zero-order valence-electron chi connectivity index (χ0n) is 19.2. The molecule has 1 aliphatic carbocycles. The van der Waals surface area contributed by atoms with E-state index in [-0.39, 0.29) is 18.3 Å². The molecule has 7 heteroatoms. The third-order valence-electron chi connectivity index (χ3n) is 7.28. The van der Waals surface area contributed by atoms with Crippen molar-refractivity contribution >= 4 is 39.5 Å². The highest BCUT2D eigenvalue weighted by Gasteiger charge is 2.29. The summed E-state index contributed by atoms with van der Waals surface area (Å²) in [5.41, 5.74) is 12.6. The highest BCUT2D eigenvalue weighted by molar-refractivity contribution is 7.08.